The third-order valence-corrected chi connectivity index (χ3v) is 6.88. The molecule has 0 bridgehead atoms. The molecule has 35 heavy (non-hydrogen) atoms. The zero-order valence-electron chi connectivity index (χ0n) is 17.7. The minimum absolute atomic E-state index is 0.437. The minimum Gasteiger partial charge on any atom is -0.309 e. The van der Waals surface area contributed by atoms with E-state index in [9.17, 15) is 26.3 Å². The molecule has 178 valence electrons. The Morgan fingerprint density at radius 1 is 0.629 bits per heavy atom. The molecular weight excluding hydrogens is 581 g/mol. The molecule has 5 aromatic rings. The number of hydrogen-bond donors (Lipinski definition) is 0. The smallest absolute Gasteiger partial charge is 0.309 e. The van der Waals surface area contributed by atoms with E-state index in [1.807, 2.05) is 46.9 Å². The zero-order valence-corrected chi connectivity index (χ0v) is 19.9. The van der Waals surface area contributed by atoms with Gasteiger partial charge in [-0.1, -0.05) is 42.5 Å². The van der Waals surface area contributed by atoms with E-state index in [1.54, 1.807) is 23.0 Å². The van der Waals surface area contributed by atoms with E-state index in [0.717, 1.165) is 46.1 Å². The summed E-state index contributed by atoms with van der Waals surface area (Å²) in [7, 11) is 0. The fourth-order valence-corrected chi connectivity index (χ4v) is 5.00. The second-order valence-corrected chi connectivity index (χ2v) is 9.29. The van der Waals surface area contributed by atoms with Crippen molar-refractivity contribution >= 4 is 44.4 Å². The average Bonchev–Trinajstić information content (AvgIpc) is 3.14. The minimum atomic E-state index is -5.63. The highest BCUT2D eigenvalue weighted by atomic mass is 127. The van der Waals surface area contributed by atoms with Gasteiger partial charge in [0.15, 0.2) is 0 Å². The molecule has 0 saturated carbocycles. The first-order valence-corrected chi connectivity index (χ1v) is 11.5. The van der Waals surface area contributed by atoms with Gasteiger partial charge in [-0.05, 0) is 70.1 Å². The van der Waals surface area contributed by atoms with E-state index in [0.29, 0.717) is 9.26 Å². The lowest BCUT2D eigenvalue weighted by atomic mass is 9.73. The van der Waals surface area contributed by atoms with Crippen molar-refractivity contribution in [1.82, 2.24) is 9.55 Å². The molecule has 0 N–H and O–H groups in total. The Balaban J connectivity index is 1.75. The Morgan fingerprint density at radius 2 is 1.17 bits per heavy atom. The molecule has 0 atom stereocenters. The molecule has 5 rings (SSSR count). The number of pyridine rings is 1. The molecule has 0 saturated heterocycles. The summed E-state index contributed by atoms with van der Waals surface area (Å²) in [5, 5.41) is 1.70. The second-order valence-electron chi connectivity index (χ2n) is 8.04. The van der Waals surface area contributed by atoms with Gasteiger partial charge in [0.1, 0.15) is 0 Å². The van der Waals surface area contributed by atoms with Gasteiger partial charge in [-0.15, -0.1) is 0 Å². The van der Waals surface area contributed by atoms with Gasteiger partial charge in [0.2, 0.25) is 5.41 Å². The summed E-state index contributed by atoms with van der Waals surface area (Å²) in [6.45, 7) is 0. The Morgan fingerprint density at radius 3 is 1.77 bits per heavy atom. The van der Waals surface area contributed by atoms with Crippen LogP contribution in [-0.2, 0) is 5.41 Å². The molecular formula is C26H15F6IN2. The van der Waals surface area contributed by atoms with Crippen LogP contribution in [0.4, 0.5) is 26.3 Å². The molecule has 0 unspecified atom stereocenters. The maximum absolute atomic E-state index is 14.4. The van der Waals surface area contributed by atoms with Crippen molar-refractivity contribution in [2.45, 2.75) is 17.8 Å². The van der Waals surface area contributed by atoms with Crippen LogP contribution in [0.5, 0.6) is 0 Å². The van der Waals surface area contributed by atoms with Crippen molar-refractivity contribution in [3.63, 3.8) is 0 Å². The quantitative estimate of drug-likeness (QED) is 0.152. The first-order valence-electron chi connectivity index (χ1n) is 10.4. The van der Waals surface area contributed by atoms with E-state index < -0.39 is 28.9 Å². The van der Waals surface area contributed by atoms with Crippen LogP contribution in [0.2, 0.25) is 0 Å². The van der Waals surface area contributed by atoms with Gasteiger partial charge in [-0.3, -0.25) is 4.98 Å². The maximum atomic E-state index is 14.4. The monoisotopic (exact) mass is 596 g/mol. The van der Waals surface area contributed by atoms with Crippen molar-refractivity contribution in [1.29, 1.82) is 0 Å². The molecule has 2 aromatic heterocycles. The second kappa shape index (κ2) is 8.25. The van der Waals surface area contributed by atoms with Crippen LogP contribution >= 0.6 is 22.6 Å². The Hall–Kier alpha value is -3.08. The Bertz CT molecular complexity index is 1450. The molecule has 0 radical (unpaired) electrons. The Kier molecular flexibility index (Phi) is 5.58. The summed E-state index contributed by atoms with van der Waals surface area (Å²) in [4.78, 5) is 4.15. The van der Waals surface area contributed by atoms with Crippen LogP contribution in [0.15, 0.2) is 91.3 Å². The number of alkyl halides is 6. The molecule has 2 nitrogen and oxygen atoms in total. The number of aromatic nitrogens is 2. The molecule has 0 aliphatic carbocycles. The predicted octanol–water partition coefficient (Wildman–Crippen LogP) is 8.19. The first kappa shape index (κ1) is 23.7. The summed E-state index contributed by atoms with van der Waals surface area (Å²) in [5.74, 6) is 0. The Labute approximate surface area is 209 Å². The largest absolute Gasteiger partial charge is 0.411 e. The lowest BCUT2D eigenvalue weighted by molar-refractivity contribution is -0.288. The van der Waals surface area contributed by atoms with Gasteiger partial charge in [0.25, 0.3) is 0 Å². The summed E-state index contributed by atoms with van der Waals surface area (Å²) in [6, 6.07) is 17.8. The first-order chi connectivity index (χ1) is 16.6. The van der Waals surface area contributed by atoms with Crippen molar-refractivity contribution in [2.75, 3.05) is 0 Å². The number of benzene rings is 3. The zero-order chi connectivity index (χ0) is 25.0. The van der Waals surface area contributed by atoms with Crippen molar-refractivity contribution in [3.05, 3.63) is 106 Å². The van der Waals surface area contributed by atoms with Gasteiger partial charge >= 0.3 is 12.4 Å². The number of hydrogen-bond acceptors (Lipinski definition) is 1. The van der Waals surface area contributed by atoms with Gasteiger partial charge in [0, 0.05) is 32.4 Å². The summed E-state index contributed by atoms with van der Waals surface area (Å²) < 4.78 is 88.7. The average molecular weight is 596 g/mol. The van der Waals surface area contributed by atoms with E-state index in [-0.39, 0.29) is 0 Å². The van der Waals surface area contributed by atoms with Gasteiger partial charge < -0.3 is 4.57 Å². The van der Waals surface area contributed by atoms with Gasteiger partial charge in [-0.2, -0.15) is 26.3 Å². The summed E-state index contributed by atoms with van der Waals surface area (Å²) in [5.41, 5.74) is -4.01. The lowest BCUT2D eigenvalue weighted by Gasteiger charge is -2.38. The van der Waals surface area contributed by atoms with Gasteiger partial charge in [0.05, 0.1) is 11.0 Å². The van der Waals surface area contributed by atoms with E-state index >= 15 is 0 Å². The van der Waals surface area contributed by atoms with E-state index in [2.05, 4.69) is 4.98 Å². The number of halogens is 7. The normalized spacial score (nSPS) is 13.0. The molecule has 0 spiro atoms. The molecule has 0 aliphatic heterocycles. The van der Waals surface area contributed by atoms with E-state index in [4.69, 9.17) is 0 Å². The van der Waals surface area contributed by atoms with Crippen LogP contribution in [-0.4, -0.2) is 21.9 Å². The van der Waals surface area contributed by atoms with Crippen molar-refractivity contribution < 1.29 is 26.3 Å². The highest BCUT2D eigenvalue weighted by molar-refractivity contribution is 14.1. The fourth-order valence-electron chi connectivity index (χ4n) is 4.64. The predicted molar refractivity (Wildman–Crippen MR) is 131 cm³/mol. The van der Waals surface area contributed by atoms with Crippen LogP contribution in [0.25, 0.3) is 27.5 Å². The van der Waals surface area contributed by atoms with Crippen molar-refractivity contribution in [2.24, 2.45) is 0 Å². The van der Waals surface area contributed by atoms with Crippen LogP contribution in [0, 0.1) is 3.57 Å². The number of fused-ring (bicyclic) bond motifs is 3. The number of nitrogens with zero attached hydrogens (tertiary/aromatic N) is 2. The fraction of sp³-hybridized carbons (Fsp3) is 0.115. The third-order valence-electron chi connectivity index (χ3n) is 6.16. The highest BCUT2D eigenvalue weighted by Crippen LogP contribution is 2.56. The standard InChI is InChI=1S/C26H15F6IN2/c27-25(28,29)24(26(30,31)32,16-5-9-18(33)10-6-16)17-7-11-19(12-8-17)35-22-4-2-1-3-20(22)21-15-34-14-13-23(21)35/h1-15H. The maximum Gasteiger partial charge on any atom is 0.411 e. The number of para-hydroxylation sites is 1. The lowest BCUT2D eigenvalue weighted by Crippen LogP contribution is -2.54. The molecule has 0 amide bonds. The van der Waals surface area contributed by atoms with Gasteiger partial charge in [-0.25, -0.2) is 0 Å². The molecule has 3 aromatic carbocycles. The highest BCUT2D eigenvalue weighted by Gasteiger charge is 2.72. The number of rotatable bonds is 3. The SMILES string of the molecule is FC(F)(F)C(c1ccc(I)cc1)(c1ccc(-n2c3ccccc3c3cnccc32)cc1)C(F)(F)F. The van der Waals surface area contributed by atoms with Crippen LogP contribution in [0.1, 0.15) is 11.1 Å². The molecule has 9 heteroatoms. The van der Waals surface area contributed by atoms with Crippen LogP contribution in [0.3, 0.4) is 0 Å². The van der Waals surface area contributed by atoms with E-state index in [1.165, 1.54) is 24.3 Å². The third kappa shape index (κ3) is 3.59. The van der Waals surface area contributed by atoms with Crippen molar-refractivity contribution in [3.8, 4) is 5.69 Å². The summed E-state index contributed by atoms with van der Waals surface area (Å²) >= 11 is 1.84. The molecule has 0 aliphatic rings. The topological polar surface area (TPSA) is 17.8 Å². The molecule has 0 fully saturated rings. The van der Waals surface area contributed by atoms with Crippen LogP contribution < -0.4 is 0 Å². The summed E-state index contributed by atoms with van der Waals surface area (Å²) in [6.07, 6.45) is -7.99. The molecule has 2 heterocycles.